The van der Waals surface area contributed by atoms with Crippen molar-refractivity contribution in [2.75, 3.05) is 31.6 Å². The van der Waals surface area contributed by atoms with E-state index in [1.165, 1.54) is 24.3 Å². The summed E-state index contributed by atoms with van der Waals surface area (Å²) < 4.78 is 31.4. The van der Waals surface area contributed by atoms with Crippen molar-refractivity contribution in [3.05, 3.63) is 60.2 Å². The van der Waals surface area contributed by atoms with Crippen LogP contribution in [0.5, 0.6) is 5.75 Å². The molecule has 0 aliphatic carbocycles. The lowest BCUT2D eigenvalue weighted by Gasteiger charge is -2.32. The molecule has 1 heterocycles. The third-order valence-corrected chi connectivity index (χ3v) is 4.29. The maximum absolute atomic E-state index is 12.9. The van der Waals surface area contributed by atoms with E-state index in [2.05, 4.69) is 10.2 Å². The molecule has 3 nitrogen and oxygen atoms in total. The molecular weight excluding hydrogens is 310 g/mol. The first-order valence-electron chi connectivity index (χ1n) is 8.32. The van der Waals surface area contributed by atoms with E-state index in [4.69, 9.17) is 4.74 Å². The minimum Gasteiger partial charge on any atom is -0.492 e. The summed E-state index contributed by atoms with van der Waals surface area (Å²) in [6.45, 7) is 3.47. The molecule has 2 aromatic rings. The molecule has 2 aromatic carbocycles. The van der Waals surface area contributed by atoms with E-state index in [0.717, 1.165) is 38.2 Å². The average Bonchev–Trinajstić information content (AvgIpc) is 2.60. The Morgan fingerprint density at radius 3 is 2.12 bits per heavy atom. The molecule has 128 valence electrons. The quantitative estimate of drug-likeness (QED) is 0.868. The first kappa shape index (κ1) is 16.7. The fourth-order valence-electron chi connectivity index (χ4n) is 2.91. The van der Waals surface area contributed by atoms with E-state index in [-0.39, 0.29) is 11.6 Å². The second-order valence-corrected chi connectivity index (χ2v) is 6.07. The van der Waals surface area contributed by atoms with Crippen LogP contribution in [0.1, 0.15) is 12.8 Å². The van der Waals surface area contributed by atoms with Crippen LogP contribution in [0.3, 0.4) is 0 Å². The Balaban J connectivity index is 1.36. The van der Waals surface area contributed by atoms with Gasteiger partial charge >= 0.3 is 0 Å². The molecule has 0 saturated carbocycles. The van der Waals surface area contributed by atoms with Gasteiger partial charge in [-0.15, -0.1) is 0 Å². The molecular formula is C19H22F2N2O. The summed E-state index contributed by atoms with van der Waals surface area (Å²) in [5.41, 5.74) is 0.967. The minimum absolute atomic E-state index is 0.212. The second kappa shape index (κ2) is 8.11. The monoisotopic (exact) mass is 332 g/mol. The van der Waals surface area contributed by atoms with Gasteiger partial charge in [-0.1, -0.05) is 0 Å². The summed E-state index contributed by atoms with van der Waals surface area (Å²) in [6.07, 6.45) is 2.10. The van der Waals surface area contributed by atoms with Gasteiger partial charge in [0, 0.05) is 31.4 Å². The van der Waals surface area contributed by atoms with Crippen molar-refractivity contribution < 1.29 is 13.5 Å². The molecule has 0 bridgehead atoms. The van der Waals surface area contributed by atoms with Gasteiger partial charge in [0.25, 0.3) is 0 Å². The van der Waals surface area contributed by atoms with Gasteiger partial charge in [0.1, 0.15) is 24.0 Å². The summed E-state index contributed by atoms with van der Waals surface area (Å²) in [7, 11) is 0. The number of benzene rings is 2. The van der Waals surface area contributed by atoms with E-state index in [0.29, 0.717) is 18.4 Å². The Morgan fingerprint density at radius 1 is 0.917 bits per heavy atom. The van der Waals surface area contributed by atoms with Crippen LogP contribution in [0.15, 0.2) is 48.5 Å². The van der Waals surface area contributed by atoms with Crippen molar-refractivity contribution in [2.24, 2.45) is 0 Å². The van der Waals surface area contributed by atoms with E-state index in [1.807, 2.05) is 0 Å². The Kier molecular flexibility index (Phi) is 5.64. The van der Waals surface area contributed by atoms with Crippen LogP contribution in [0.4, 0.5) is 14.5 Å². The zero-order valence-electron chi connectivity index (χ0n) is 13.6. The third-order valence-electron chi connectivity index (χ3n) is 4.29. The number of likely N-dealkylation sites (tertiary alicyclic amines) is 1. The normalized spacial score (nSPS) is 16.1. The standard InChI is InChI=1S/C19H22F2N2O/c20-15-1-5-17(6-2-15)22-18-9-11-23(12-10-18)13-14-24-19-7-3-16(21)4-8-19/h1-8,18,22H,9-14H2. The number of hydrogen-bond donors (Lipinski definition) is 1. The lowest BCUT2D eigenvalue weighted by Crippen LogP contribution is -2.40. The van der Waals surface area contributed by atoms with Crippen molar-refractivity contribution >= 4 is 5.69 Å². The molecule has 1 aliphatic rings. The van der Waals surface area contributed by atoms with Crippen LogP contribution in [-0.2, 0) is 0 Å². The van der Waals surface area contributed by atoms with Gasteiger partial charge in [-0.2, -0.15) is 0 Å². The lowest BCUT2D eigenvalue weighted by molar-refractivity contribution is 0.177. The minimum atomic E-state index is -0.252. The third kappa shape index (κ3) is 4.93. The summed E-state index contributed by atoms with van der Waals surface area (Å²) in [6, 6.07) is 13.0. The molecule has 0 amide bonds. The number of ether oxygens (including phenoxy) is 1. The molecule has 3 rings (SSSR count). The predicted octanol–water partition coefficient (Wildman–Crippen LogP) is 3.92. The van der Waals surface area contributed by atoms with Crippen molar-refractivity contribution in [1.82, 2.24) is 4.90 Å². The maximum Gasteiger partial charge on any atom is 0.123 e. The maximum atomic E-state index is 12.9. The summed E-state index contributed by atoms with van der Waals surface area (Å²) >= 11 is 0. The van der Waals surface area contributed by atoms with Gasteiger partial charge < -0.3 is 10.1 Å². The van der Waals surface area contributed by atoms with Gasteiger partial charge in [0.05, 0.1) is 0 Å². The van der Waals surface area contributed by atoms with Crippen molar-refractivity contribution in [1.29, 1.82) is 0 Å². The number of nitrogens with one attached hydrogen (secondary N) is 1. The molecule has 24 heavy (non-hydrogen) atoms. The van der Waals surface area contributed by atoms with Gasteiger partial charge in [-0.05, 0) is 61.4 Å². The molecule has 0 radical (unpaired) electrons. The number of piperidine rings is 1. The molecule has 0 aromatic heterocycles. The van der Waals surface area contributed by atoms with Crippen LogP contribution in [-0.4, -0.2) is 37.2 Å². The zero-order chi connectivity index (χ0) is 16.8. The topological polar surface area (TPSA) is 24.5 Å². The van der Waals surface area contributed by atoms with Crippen LogP contribution >= 0.6 is 0 Å². The number of nitrogens with zero attached hydrogens (tertiary/aromatic N) is 1. The van der Waals surface area contributed by atoms with E-state index < -0.39 is 0 Å². The van der Waals surface area contributed by atoms with E-state index in [9.17, 15) is 8.78 Å². The smallest absolute Gasteiger partial charge is 0.123 e. The molecule has 1 N–H and O–H groups in total. The summed E-state index contributed by atoms with van der Waals surface area (Å²) in [5.74, 6) is 0.235. The molecule has 0 unspecified atom stereocenters. The van der Waals surface area contributed by atoms with Gasteiger partial charge in [0.2, 0.25) is 0 Å². The van der Waals surface area contributed by atoms with E-state index >= 15 is 0 Å². The van der Waals surface area contributed by atoms with Crippen molar-refractivity contribution in [2.45, 2.75) is 18.9 Å². The van der Waals surface area contributed by atoms with Crippen LogP contribution in [0.25, 0.3) is 0 Å². The molecule has 1 saturated heterocycles. The Labute approximate surface area is 141 Å². The largest absolute Gasteiger partial charge is 0.492 e. The highest BCUT2D eigenvalue weighted by Crippen LogP contribution is 2.17. The van der Waals surface area contributed by atoms with Crippen LogP contribution in [0.2, 0.25) is 0 Å². The second-order valence-electron chi connectivity index (χ2n) is 6.07. The zero-order valence-corrected chi connectivity index (χ0v) is 13.6. The van der Waals surface area contributed by atoms with Gasteiger partial charge in [-0.25, -0.2) is 8.78 Å². The fraction of sp³-hybridized carbons (Fsp3) is 0.368. The SMILES string of the molecule is Fc1ccc(NC2CCN(CCOc3ccc(F)cc3)CC2)cc1. The van der Waals surface area contributed by atoms with Crippen molar-refractivity contribution in [3.8, 4) is 5.75 Å². The first-order valence-corrected chi connectivity index (χ1v) is 8.32. The molecule has 0 spiro atoms. The van der Waals surface area contributed by atoms with Gasteiger partial charge in [-0.3, -0.25) is 4.90 Å². The number of rotatable bonds is 6. The lowest BCUT2D eigenvalue weighted by atomic mass is 10.0. The highest BCUT2D eigenvalue weighted by molar-refractivity contribution is 5.43. The van der Waals surface area contributed by atoms with Gasteiger partial charge in [0.15, 0.2) is 0 Å². The molecule has 5 heteroatoms. The van der Waals surface area contributed by atoms with Crippen molar-refractivity contribution in [3.63, 3.8) is 0 Å². The van der Waals surface area contributed by atoms with Crippen LogP contribution in [0, 0.1) is 11.6 Å². The summed E-state index contributed by atoms with van der Waals surface area (Å²) in [4.78, 5) is 2.37. The highest BCUT2D eigenvalue weighted by Gasteiger charge is 2.18. The Bertz CT molecular complexity index is 623. The van der Waals surface area contributed by atoms with Crippen LogP contribution < -0.4 is 10.1 Å². The highest BCUT2D eigenvalue weighted by atomic mass is 19.1. The Hall–Kier alpha value is -2.14. The number of anilines is 1. The number of hydrogen-bond acceptors (Lipinski definition) is 3. The molecule has 1 aliphatic heterocycles. The first-order chi connectivity index (χ1) is 11.7. The summed E-state index contributed by atoms with van der Waals surface area (Å²) in [5, 5.41) is 3.46. The Morgan fingerprint density at radius 2 is 1.50 bits per heavy atom. The predicted molar refractivity (Wildman–Crippen MR) is 91.4 cm³/mol. The average molecular weight is 332 g/mol. The number of halogens is 2. The molecule has 1 fully saturated rings. The fourth-order valence-corrected chi connectivity index (χ4v) is 2.91. The molecule has 0 atom stereocenters. The van der Waals surface area contributed by atoms with E-state index in [1.54, 1.807) is 24.3 Å².